The maximum Gasteiger partial charge on any atom is 0.239 e. The highest BCUT2D eigenvalue weighted by Gasteiger charge is 2.11. The molecule has 108 valence electrons. The number of aromatic nitrogens is 3. The SMILES string of the molecule is CCNc1nc(NC(C)C)nc(N[C@H]([NH3+])NOC)n1. The largest absolute Gasteiger partial charge is 0.354 e. The van der Waals surface area contributed by atoms with Gasteiger partial charge >= 0.3 is 0 Å². The van der Waals surface area contributed by atoms with E-state index >= 15 is 0 Å². The van der Waals surface area contributed by atoms with E-state index in [1.165, 1.54) is 7.11 Å². The van der Waals surface area contributed by atoms with E-state index in [2.05, 4.69) is 42.1 Å². The molecule has 0 aliphatic rings. The van der Waals surface area contributed by atoms with Crippen LogP contribution in [-0.4, -0.2) is 40.9 Å². The second kappa shape index (κ2) is 7.67. The van der Waals surface area contributed by atoms with Crippen molar-refractivity contribution >= 4 is 17.8 Å². The van der Waals surface area contributed by atoms with E-state index in [9.17, 15) is 0 Å². The molecule has 0 radical (unpaired) electrons. The van der Waals surface area contributed by atoms with Crippen LogP contribution in [0, 0.1) is 0 Å². The maximum absolute atomic E-state index is 4.77. The van der Waals surface area contributed by atoms with Crippen molar-refractivity contribution in [2.45, 2.75) is 33.1 Å². The lowest BCUT2D eigenvalue weighted by molar-refractivity contribution is -0.436. The second-order valence-corrected chi connectivity index (χ2v) is 4.15. The average Bonchev–Trinajstić information content (AvgIpc) is 2.28. The summed E-state index contributed by atoms with van der Waals surface area (Å²) in [6.45, 7) is 6.73. The van der Waals surface area contributed by atoms with E-state index < -0.39 is 0 Å². The van der Waals surface area contributed by atoms with Gasteiger partial charge in [0.1, 0.15) is 0 Å². The first-order valence-corrected chi connectivity index (χ1v) is 6.19. The molecule has 0 bridgehead atoms. The average molecular weight is 271 g/mol. The zero-order chi connectivity index (χ0) is 14.3. The fraction of sp³-hybridized carbons (Fsp3) is 0.700. The van der Waals surface area contributed by atoms with E-state index in [4.69, 9.17) is 4.84 Å². The molecule has 0 saturated carbocycles. The van der Waals surface area contributed by atoms with Crippen molar-refractivity contribution in [2.75, 3.05) is 29.6 Å². The van der Waals surface area contributed by atoms with Gasteiger partial charge in [0.15, 0.2) is 0 Å². The summed E-state index contributed by atoms with van der Waals surface area (Å²) in [6.07, 6.45) is -0.367. The maximum atomic E-state index is 4.77. The fourth-order valence-electron chi connectivity index (χ4n) is 1.33. The number of nitrogens with one attached hydrogen (secondary N) is 4. The van der Waals surface area contributed by atoms with Crippen molar-refractivity contribution in [3.05, 3.63) is 0 Å². The summed E-state index contributed by atoms with van der Waals surface area (Å²) in [5.74, 6) is 1.43. The number of nitrogens with zero attached hydrogens (tertiary/aromatic N) is 3. The number of hydrogen-bond acceptors (Lipinski definition) is 8. The molecule has 1 heterocycles. The van der Waals surface area contributed by atoms with Crippen molar-refractivity contribution in [1.29, 1.82) is 0 Å². The van der Waals surface area contributed by atoms with Crippen LogP contribution in [0.3, 0.4) is 0 Å². The highest BCUT2D eigenvalue weighted by molar-refractivity contribution is 5.42. The van der Waals surface area contributed by atoms with Gasteiger partial charge in [0.05, 0.1) is 7.11 Å². The normalized spacial score (nSPS) is 12.3. The van der Waals surface area contributed by atoms with Gasteiger partial charge in [-0.2, -0.15) is 15.0 Å². The van der Waals surface area contributed by atoms with E-state index in [0.29, 0.717) is 17.8 Å². The lowest BCUT2D eigenvalue weighted by Gasteiger charge is -2.14. The minimum atomic E-state index is -0.367. The van der Waals surface area contributed by atoms with Crippen LogP contribution in [-0.2, 0) is 4.84 Å². The van der Waals surface area contributed by atoms with Gasteiger partial charge < -0.3 is 16.4 Å². The zero-order valence-electron chi connectivity index (χ0n) is 11.8. The van der Waals surface area contributed by atoms with E-state index in [-0.39, 0.29) is 12.3 Å². The summed E-state index contributed by atoms with van der Waals surface area (Å²) in [7, 11) is 1.52. The molecule has 9 nitrogen and oxygen atoms in total. The van der Waals surface area contributed by atoms with Crippen molar-refractivity contribution in [3.8, 4) is 0 Å². The van der Waals surface area contributed by atoms with Gasteiger partial charge in [-0.05, 0) is 20.8 Å². The monoisotopic (exact) mass is 271 g/mol. The molecule has 0 fully saturated rings. The Kier molecular flexibility index (Phi) is 6.19. The van der Waals surface area contributed by atoms with Crippen LogP contribution in [0.15, 0.2) is 0 Å². The van der Waals surface area contributed by atoms with E-state index in [1.807, 2.05) is 20.8 Å². The smallest absolute Gasteiger partial charge is 0.239 e. The van der Waals surface area contributed by atoms with Crippen LogP contribution >= 0.6 is 0 Å². The predicted octanol–water partition coefficient (Wildman–Crippen LogP) is -0.788. The third-order valence-corrected chi connectivity index (χ3v) is 1.95. The standard InChI is InChI=1S/C10H22N8O/c1-5-12-8-15-9(13-6(2)3)17-10(16-8)14-7(11)18-19-4/h6-7,18H,5,11H2,1-4H3,(H3,12,13,14,15,16,17)/p+1/t7-/m0/s1. The van der Waals surface area contributed by atoms with Crippen molar-refractivity contribution in [2.24, 2.45) is 0 Å². The lowest BCUT2D eigenvalue weighted by atomic mass is 10.4. The van der Waals surface area contributed by atoms with Gasteiger partial charge in [-0.15, -0.1) is 5.48 Å². The molecule has 9 heteroatoms. The zero-order valence-corrected chi connectivity index (χ0v) is 11.8. The molecular formula is C10H23N8O+. The minimum Gasteiger partial charge on any atom is -0.354 e. The molecule has 0 aromatic carbocycles. The summed E-state index contributed by atoms with van der Waals surface area (Å²) >= 11 is 0. The van der Waals surface area contributed by atoms with Gasteiger partial charge in [0.2, 0.25) is 24.1 Å². The highest BCUT2D eigenvalue weighted by atomic mass is 16.6. The summed E-state index contributed by atoms with van der Waals surface area (Å²) in [4.78, 5) is 17.5. The van der Waals surface area contributed by atoms with Crippen LogP contribution in [0.4, 0.5) is 17.8 Å². The van der Waals surface area contributed by atoms with E-state index in [1.54, 1.807) is 0 Å². The van der Waals surface area contributed by atoms with Gasteiger partial charge in [0, 0.05) is 12.6 Å². The van der Waals surface area contributed by atoms with Gasteiger partial charge in [-0.25, -0.2) is 0 Å². The summed E-state index contributed by atoms with van der Waals surface area (Å²) < 4.78 is 0. The molecule has 1 aromatic rings. The molecule has 1 aromatic heterocycles. The quantitative estimate of drug-likeness (QED) is 0.308. The van der Waals surface area contributed by atoms with Crippen LogP contribution < -0.4 is 27.2 Å². The van der Waals surface area contributed by atoms with Crippen molar-refractivity contribution in [3.63, 3.8) is 0 Å². The lowest BCUT2D eigenvalue weighted by Crippen LogP contribution is -2.71. The molecular weight excluding hydrogens is 248 g/mol. The van der Waals surface area contributed by atoms with Gasteiger partial charge in [-0.1, -0.05) is 0 Å². The summed E-state index contributed by atoms with van der Waals surface area (Å²) in [5, 5.41) is 9.15. The minimum absolute atomic E-state index is 0.234. The number of hydrogen-bond donors (Lipinski definition) is 5. The van der Waals surface area contributed by atoms with Crippen LogP contribution in [0.1, 0.15) is 20.8 Å². The van der Waals surface area contributed by atoms with Crippen molar-refractivity contribution in [1.82, 2.24) is 20.4 Å². The first-order chi connectivity index (χ1) is 9.05. The van der Waals surface area contributed by atoms with E-state index in [0.717, 1.165) is 6.54 Å². The van der Waals surface area contributed by atoms with Crippen LogP contribution in [0.5, 0.6) is 0 Å². The molecule has 7 N–H and O–H groups in total. The number of rotatable bonds is 8. The Morgan fingerprint density at radius 2 is 1.68 bits per heavy atom. The van der Waals surface area contributed by atoms with Gasteiger partial charge in [0.25, 0.3) is 0 Å². The molecule has 1 atom stereocenters. The molecule has 0 aliphatic carbocycles. The third kappa shape index (κ3) is 5.64. The van der Waals surface area contributed by atoms with Crippen molar-refractivity contribution < 1.29 is 10.6 Å². The Morgan fingerprint density at radius 1 is 1.11 bits per heavy atom. The second-order valence-electron chi connectivity index (χ2n) is 4.15. The Bertz CT molecular complexity index is 386. The topological polar surface area (TPSA) is 124 Å². The van der Waals surface area contributed by atoms with Crippen LogP contribution in [0.2, 0.25) is 0 Å². The fourth-order valence-corrected chi connectivity index (χ4v) is 1.33. The molecule has 0 saturated heterocycles. The Labute approximate surface area is 112 Å². The molecule has 0 spiro atoms. The molecule has 0 unspecified atom stereocenters. The van der Waals surface area contributed by atoms with Gasteiger partial charge in [-0.3, -0.25) is 10.2 Å². The Balaban J connectivity index is 2.85. The highest BCUT2D eigenvalue weighted by Crippen LogP contribution is 2.10. The first kappa shape index (κ1) is 15.3. The molecule has 0 aliphatic heterocycles. The van der Waals surface area contributed by atoms with Crippen LogP contribution in [0.25, 0.3) is 0 Å². The number of quaternary nitrogens is 1. The third-order valence-electron chi connectivity index (χ3n) is 1.95. The Morgan fingerprint density at radius 3 is 2.21 bits per heavy atom. The summed E-state index contributed by atoms with van der Waals surface area (Å²) in [6, 6.07) is 0.234. The molecule has 1 rings (SSSR count). The Hall–Kier alpha value is -1.71. The predicted molar refractivity (Wildman–Crippen MR) is 73.2 cm³/mol. The number of hydroxylamine groups is 1. The summed E-state index contributed by atoms with van der Waals surface area (Å²) in [5.41, 5.74) is 6.44. The molecule has 19 heavy (non-hydrogen) atoms. The molecule has 0 amide bonds. The first-order valence-electron chi connectivity index (χ1n) is 6.19. The number of anilines is 3.